The van der Waals surface area contributed by atoms with Crippen LogP contribution in [-0.4, -0.2) is 39.5 Å². The van der Waals surface area contributed by atoms with E-state index in [1.807, 2.05) is 0 Å². The summed E-state index contributed by atoms with van der Waals surface area (Å²) in [4.78, 5) is 0. The Morgan fingerprint density at radius 2 is 0.808 bits per heavy atom. The fraction of sp³-hybridized carbons (Fsp3) is 0.900. The maximum absolute atomic E-state index is 6.66. The number of rotatable bonds is 0. The van der Waals surface area contributed by atoms with E-state index >= 15 is 0 Å². The molecule has 3 aliphatic rings. The van der Waals surface area contributed by atoms with E-state index in [-0.39, 0.29) is 34.2 Å². The zero-order valence-electron chi connectivity index (χ0n) is 18.8. The second-order valence-electron chi connectivity index (χ2n) is 11.2. The molecular formula is C20H38O4Si2. The lowest BCUT2D eigenvalue weighted by Crippen LogP contribution is -2.60. The van der Waals surface area contributed by atoms with Crippen molar-refractivity contribution in [1.29, 1.82) is 0 Å². The normalized spacial score (nSPS) is 38.3. The van der Waals surface area contributed by atoms with Gasteiger partial charge in [-0.15, -0.1) is 0 Å². The predicted molar refractivity (Wildman–Crippen MR) is 110 cm³/mol. The first-order valence-corrected chi connectivity index (χ1v) is 15.5. The van der Waals surface area contributed by atoms with E-state index in [2.05, 4.69) is 81.6 Å². The molecule has 0 aromatic heterocycles. The van der Waals surface area contributed by atoms with Gasteiger partial charge in [-0.3, -0.25) is 0 Å². The number of hydrogen-bond donors (Lipinski definition) is 0. The van der Waals surface area contributed by atoms with Gasteiger partial charge in [0.1, 0.15) is 0 Å². The van der Waals surface area contributed by atoms with Gasteiger partial charge in [0, 0.05) is 11.8 Å². The zero-order valence-corrected chi connectivity index (χ0v) is 20.8. The molecule has 150 valence electrons. The predicted octanol–water partition coefficient (Wildman–Crippen LogP) is 5.14. The summed E-state index contributed by atoms with van der Waals surface area (Å²) in [6.07, 6.45) is 0. The Labute approximate surface area is 162 Å². The van der Waals surface area contributed by atoms with Crippen LogP contribution in [-0.2, 0) is 17.7 Å². The highest BCUT2D eigenvalue weighted by atomic mass is 28.4. The van der Waals surface area contributed by atoms with Gasteiger partial charge in [0.2, 0.25) is 0 Å². The minimum absolute atomic E-state index is 0.266. The van der Waals surface area contributed by atoms with Crippen LogP contribution in [0.2, 0.25) is 26.2 Å². The lowest BCUT2D eigenvalue weighted by Gasteiger charge is -2.58. The van der Waals surface area contributed by atoms with E-state index in [1.165, 1.54) is 11.1 Å². The summed E-state index contributed by atoms with van der Waals surface area (Å²) in [6, 6.07) is 0. The van der Waals surface area contributed by atoms with Crippen LogP contribution in [0.15, 0.2) is 11.1 Å². The zero-order chi connectivity index (χ0) is 20.1. The average Bonchev–Trinajstić information content (AvgIpc) is 2.20. The number of fused-ring (bicyclic) bond motifs is 3. The van der Waals surface area contributed by atoms with E-state index < -0.39 is 17.1 Å². The van der Waals surface area contributed by atoms with Gasteiger partial charge in [0.05, 0.1) is 22.4 Å². The lowest BCUT2D eigenvalue weighted by atomic mass is 9.51. The van der Waals surface area contributed by atoms with Crippen molar-refractivity contribution in [1.82, 2.24) is 0 Å². The summed E-state index contributed by atoms with van der Waals surface area (Å²) in [5, 5.41) is 0. The van der Waals surface area contributed by atoms with E-state index in [0.717, 1.165) is 0 Å². The minimum atomic E-state index is -2.26. The summed E-state index contributed by atoms with van der Waals surface area (Å²) >= 11 is 0. The summed E-state index contributed by atoms with van der Waals surface area (Å²) in [5.41, 5.74) is 1.46. The Balaban J connectivity index is 2.28. The molecule has 0 aromatic carbocycles. The van der Waals surface area contributed by atoms with Crippen LogP contribution in [0, 0.1) is 11.8 Å². The molecule has 2 atom stereocenters. The maximum Gasteiger partial charge on any atom is 0.332 e. The molecule has 0 saturated carbocycles. The van der Waals surface area contributed by atoms with Crippen LogP contribution in [0.25, 0.3) is 0 Å². The summed E-state index contributed by atoms with van der Waals surface area (Å²) < 4.78 is 26.6. The molecule has 0 unspecified atom stereocenters. The van der Waals surface area contributed by atoms with Crippen LogP contribution in [0.1, 0.15) is 55.4 Å². The Bertz CT molecular complexity index is 603. The molecule has 0 amide bonds. The van der Waals surface area contributed by atoms with Gasteiger partial charge in [0.25, 0.3) is 0 Å². The quantitative estimate of drug-likeness (QED) is 0.418. The molecule has 2 fully saturated rings. The first-order valence-electron chi connectivity index (χ1n) is 9.87. The third kappa shape index (κ3) is 3.10. The minimum Gasteiger partial charge on any atom is -0.389 e. The molecule has 26 heavy (non-hydrogen) atoms. The second-order valence-corrected chi connectivity index (χ2v) is 17.6. The van der Waals surface area contributed by atoms with Crippen LogP contribution < -0.4 is 0 Å². The van der Waals surface area contributed by atoms with Gasteiger partial charge in [-0.1, -0.05) is 0 Å². The first-order chi connectivity index (χ1) is 11.3. The molecule has 2 saturated heterocycles. The molecule has 3 rings (SSSR count). The number of hydrogen-bond acceptors (Lipinski definition) is 4. The molecule has 2 aliphatic heterocycles. The van der Waals surface area contributed by atoms with Gasteiger partial charge >= 0.3 is 17.1 Å². The van der Waals surface area contributed by atoms with Crippen LogP contribution in [0.4, 0.5) is 0 Å². The highest BCUT2D eigenvalue weighted by molar-refractivity contribution is 6.65. The lowest BCUT2D eigenvalue weighted by molar-refractivity contribution is -0.0526. The molecular weight excluding hydrogens is 360 g/mol. The SMILES string of the molecule is CC1(C)O[Si](C)(C)OC(C)(C)[C@@H]2C1=C1[C@@H]2C(C)(C)O[Si](C)(C)OC1(C)C. The van der Waals surface area contributed by atoms with Crippen LogP contribution in [0.5, 0.6) is 0 Å². The molecule has 2 heterocycles. The monoisotopic (exact) mass is 398 g/mol. The largest absolute Gasteiger partial charge is 0.389 e. The fourth-order valence-electron chi connectivity index (χ4n) is 6.24. The smallest absolute Gasteiger partial charge is 0.332 e. The topological polar surface area (TPSA) is 36.9 Å². The van der Waals surface area contributed by atoms with Crippen molar-refractivity contribution in [3.63, 3.8) is 0 Å². The molecule has 0 radical (unpaired) electrons. The Morgan fingerprint density at radius 1 is 0.538 bits per heavy atom. The van der Waals surface area contributed by atoms with Gasteiger partial charge in [-0.2, -0.15) is 0 Å². The molecule has 6 heteroatoms. The van der Waals surface area contributed by atoms with E-state index in [4.69, 9.17) is 17.7 Å². The molecule has 0 N–H and O–H groups in total. The second kappa shape index (κ2) is 5.33. The highest BCUT2D eigenvalue weighted by Gasteiger charge is 2.67. The fourth-order valence-corrected chi connectivity index (χ4v) is 11.8. The molecule has 4 nitrogen and oxygen atoms in total. The van der Waals surface area contributed by atoms with E-state index in [0.29, 0.717) is 0 Å². The van der Waals surface area contributed by atoms with Gasteiger partial charge in [-0.25, -0.2) is 0 Å². The van der Waals surface area contributed by atoms with Crippen LogP contribution in [0.3, 0.4) is 0 Å². The standard InChI is InChI=1S/C20H38O4Si2/c1-17(2)13-14(18(3,4)22-25(9,10)21-17)16-15(13)19(5,6)23-26(11,12)24-20(16,7)8/h13,15H,1-12H3/t13-,15-. The third-order valence-corrected chi connectivity index (χ3v) is 10.1. The van der Waals surface area contributed by atoms with Gasteiger partial charge in [0.15, 0.2) is 0 Å². The summed E-state index contributed by atoms with van der Waals surface area (Å²) in [7, 11) is -4.52. The van der Waals surface area contributed by atoms with Crippen molar-refractivity contribution in [2.75, 3.05) is 0 Å². The van der Waals surface area contributed by atoms with Gasteiger partial charge < -0.3 is 17.7 Å². The van der Waals surface area contributed by atoms with Crippen molar-refractivity contribution in [2.45, 2.75) is 104 Å². The molecule has 0 bridgehead atoms. The molecule has 0 aromatic rings. The summed E-state index contributed by atoms with van der Waals surface area (Å²) in [5.74, 6) is 0.532. The maximum atomic E-state index is 6.66. The van der Waals surface area contributed by atoms with Crippen molar-refractivity contribution in [2.24, 2.45) is 11.8 Å². The third-order valence-electron chi connectivity index (χ3n) is 6.06. The van der Waals surface area contributed by atoms with Crippen molar-refractivity contribution in [3.05, 3.63) is 11.1 Å². The Hall–Kier alpha value is 0.0138. The van der Waals surface area contributed by atoms with Crippen molar-refractivity contribution >= 4 is 17.1 Å². The van der Waals surface area contributed by atoms with E-state index in [9.17, 15) is 0 Å². The van der Waals surface area contributed by atoms with Gasteiger partial charge in [-0.05, 0) is 92.7 Å². The Morgan fingerprint density at radius 3 is 1.08 bits per heavy atom. The van der Waals surface area contributed by atoms with Crippen molar-refractivity contribution in [3.8, 4) is 0 Å². The molecule has 0 spiro atoms. The Kier molecular flexibility index (Phi) is 4.25. The van der Waals surface area contributed by atoms with E-state index in [1.54, 1.807) is 0 Å². The van der Waals surface area contributed by atoms with Crippen molar-refractivity contribution < 1.29 is 17.7 Å². The highest BCUT2D eigenvalue weighted by Crippen LogP contribution is 2.64. The summed E-state index contributed by atoms with van der Waals surface area (Å²) in [6.45, 7) is 26.3. The molecule has 1 aliphatic carbocycles. The first kappa shape index (κ1) is 20.7. The van der Waals surface area contributed by atoms with Crippen LogP contribution >= 0.6 is 0 Å². The average molecular weight is 399 g/mol.